The Labute approximate surface area is 155 Å². The number of fused-ring (bicyclic) bond motifs is 2. The van der Waals surface area contributed by atoms with Crippen LogP contribution in [0.1, 0.15) is 28.8 Å². The molecule has 2 bridgehead atoms. The Bertz CT molecular complexity index is 692. The van der Waals surface area contributed by atoms with E-state index in [1.807, 2.05) is 30.3 Å². The molecule has 0 aromatic heterocycles. The van der Waals surface area contributed by atoms with E-state index in [1.54, 1.807) is 0 Å². The van der Waals surface area contributed by atoms with Crippen LogP contribution in [0.3, 0.4) is 0 Å². The molecule has 1 aliphatic heterocycles. The first-order valence-corrected chi connectivity index (χ1v) is 8.81. The third-order valence-corrected chi connectivity index (χ3v) is 5.52. The maximum Gasteiger partial charge on any atom is 0.338 e. The molecule has 2 aromatic carbocycles. The van der Waals surface area contributed by atoms with E-state index < -0.39 is 0 Å². The van der Waals surface area contributed by atoms with Gasteiger partial charge in [-0.2, -0.15) is 0 Å². The highest BCUT2D eigenvalue weighted by Crippen LogP contribution is 2.43. The highest BCUT2D eigenvalue weighted by Gasteiger charge is 2.46. The first kappa shape index (κ1) is 18.0. The van der Waals surface area contributed by atoms with Gasteiger partial charge in [0.05, 0.1) is 12.2 Å². The quantitative estimate of drug-likeness (QED) is 0.752. The van der Waals surface area contributed by atoms with Crippen molar-refractivity contribution in [2.45, 2.75) is 25.4 Å². The zero-order valence-electron chi connectivity index (χ0n) is 14.2. The van der Waals surface area contributed by atoms with Crippen LogP contribution in [-0.2, 0) is 11.3 Å². The van der Waals surface area contributed by atoms with Crippen molar-refractivity contribution in [3.8, 4) is 0 Å². The largest absolute Gasteiger partial charge is 0.462 e. The predicted molar refractivity (Wildman–Crippen MR) is 101 cm³/mol. The first-order valence-electron chi connectivity index (χ1n) is 8.81. The molecule has 3 unspecified atom stereocenters. The molecule has 0 N–H and O–H groups in total. The summed E-state index contributed by atoms with van der Waals surface area (Å²) in [6.07, 6.45) is 2.49. The molecule has 3 atom stereocenters. The molecule has 0 amide bonds. The van der Waals surface area contributed by atoms with Gasteiger partial charge in [-0.05, 0) is 36.5 Å². The van der Waals surface area contributed by atoms with Crippen molar-refractivity contribution in [2.24, 2.45) is 11.8 Å². The zero-order chi connectivity index (χ0) is 16.4. The second-order valence-electron chi connectivity index (χ2n) is 6.95. The summed E-state index contributed by atoms with van der Waals surface area (Å²) in [5.41, 5.74) is 2.01. The van der Waals surface area contributed by atoms with Crippen molar-refractivity contribution in [1.29, 1.82) is 0 Å². The van der Waals surface area contributed by atoms with Gasteiger partial charge in [0.1, 0.15) is 0 Å². The summed E-state index contributed by atoms with van der Waals surface area (Å²) in [7, 11) is 0. The van der Waals surface area contributed by atoms with Crippen LogP contribution in [0.4, 0.5) is 0 Å². The second kappa shape index (κ2) is 8.03. The molecule has 2 aromatic rings. The lowest BCUT2D eigenvalue weighted by atomic mass is 9.99. The van der Waals surface area contributed by atoms with Crippen molar-refractivity contribution in [3.05, 3.63) is 71.8 Å². The fraction of sp³-hybridized carbons (Fsp3) is 0.381. The van der Waals surface area contributed by atoms with E-state index in [1.165, 1.54) is 18.4 Å². The Morgan fingerprint density at radius 3 is 2.40 bits per heavy atom. The summed E-state index contributed by atoms with van der Waals surface area (Å²) in [4.78, 5) is 14.7. The van der Waals surface area contributed by atoms with Crippen LogP contribution in [0, 0.1) is 11.8 Å². The molecule has 1 saturated heterocycles. The minimum Gasteiger partial charge on any atom is -0.462 e. The molecule has 4 rings (SSSR count). The molecule has 1 saturated carbocycles. The van der Waals surface area contributed by atoms with E-state index in [2.05, 4.69) is 35.2 Å². The lowest BCUT2D eigenvalue weighted by Crippen LogP contribution is -2.33. The topological polar surface area (TPSA) is 29.5 Å². The number of piperidine rings is 1. The smallest absolute Gasteiger partial charge is 0.338 e. The summed E-state index contributed by atoms with van der Waals surface area (Å²) < 4.78 is 5.63. The van der Waals surface area contributed by atoms with E-state index >= 15 is 0 Å². The molecule has 4 heteroatoms. The number of ether oxygens (including phenoxy) is 1. The van der Waals surface area contributed by atoms with Crippen molar-refractivity contribution in [2.75, 3.05) is 13.2 Å². The third-order valence-electron chi connectivity index (χ3n) is 5.52. The summed E-state index contributed by atoms with van der Waals surface area (Å²) in [5.74, 6) is 0.958. The van der Waals surface area contributed by atoms with Gasteiger partial charge in [-0.1, -0.05) is 48.5 Å². The highest BCUT2D eigenvalue weighted by atomic mass is 35.5. The number of carbonyl (C=O) groups excluding carboxylic acids is 1. The minimum atomic E-state index is -0.198. The fourth-order valence-corrected chi connectivity index (χ4v) is 4.32. The molecule has 132 valence electrons. The number of carbonyl (C=O) groups is 1. The van der Waals surface area contributed by atoms with Crippen molar-refractivity contribution >= 4 is 18.4 Å². The number of nitrogens with zero attached hydrogens (tertiary/aromatic N) is 1. The van der Waals surface area contributed by atoms with Crippen molar-refractivity contribution < 1.29 is 9.53 Å². The van der Waals surface area contributed by atoms with Gasteiger partial charge in [-0.25, -0.2) is 4.79 Å². The van der Waals surface area contributed by atoms with Crippen LogP contribution in [0.2, 0.25) is 0 Å². The molecule has 25 heavy (non-hydrogen) atoms. The fourth-order valence-electron chi connectivity index (χ4n) is 4.32. The number of rotatable bonds is 5. The Morgan fingerprint density at radius 1 is 1.00 bits per heavy atom. The van der Waals surface area contributed by atoms with Gasteiger partial charge in [0, 0.05) is 25.0 Å². The van der Waals surface area contributed by atoms with E-state index in [4.69, 9.17) is 4.74 Å². The SMILES string of the molecule is Cl.O=C(OCC1C2CCC1N(Cc1ccccc1)C2)c1ccccc1. The molecule has 3 nitrogen and oxygen atoms in total. The average molecular weight is 358 g/mol. The van der Waals surface area contributed by atoms with Crippen LogP contribution in [0.15, 0.2) is 60.7 Å². The molecule has 2 aliphatic rings. The first-order chi connectivity index (χ1) is 11.8. The normalized spacial score (nSPS) is 24.7. The van der Waals surface area contributed by atoms with Crippen LogP contribution in [-0.4, -0.2) is 30.1 Å². The molecular formula is C21H24ClNO2. The van der Waals surface area contributed by atoms with Crippen LogP contribution >= 0.6 is 12.4 Å². The lowest BCUT2D eigenvalue weighted by molar-refractivity contribution is 0.0408. The van der Waals surface area contributed by atoms with Crippen LogP contribution in [0.5, 0.6) is 0 Å². The number of hydrogen-bond donors (Lipinski definition) is 0. The van der Waals surface area contributed by atoms with E-state index in [9.17, 15) is 4.79 Å². The van der Waals surface area contributed by atoms with Crippen molar-refractivity contribution in [1.82, 2.24) is 4.90 Å². The standard InChI is InChI=1S/C21H23NO2.ClH/c23-21(17-9-5-2-6-10-17)24-15-19-18-11-12-20(19)22(14-18)13-16-7-3-1-4-8-16;/h1-10,18-20H,11-15H2;1H. The number of halogens is 1. The summed E-state index contributed by atoms with van der Waals surface area (Å²) in [6, 6.07) is 20.5. The van der Waals surface area contributed by atoms with Gasteiger partial charge in [0.25, 0.3) is 0 Å². The summed E-state index contributed by atoms with van der Waals surface area (Å²) in [6.45, 7) is 2.69. The average Bonchev–Trinajstić information content (AvgIpc) is 3.18. The molecular weight excluding hydrogens is 334 g/mol. The molecule has 0 spiro atoms. The number of esters is 1. The van der Waals surface area contributed by atoms with Crippen LogP contribution < -0.4 is 0 Å². The van der Waals surface area contributed by atoms with Gasteiger partial charge < -0.3 is 4.74 Å². The molecule has 1 heterocycles. The van der Waals surface area contributed by atoms with Gasteiger partial charge in [0.2, 0.25) is 0 Å². The lowest BCUT2D eigenvalue weighted by Gasteiger charge is -2.27. The van der Waals surface area contributed by atoms with Crippen molar-refractivity contribution in [3.63, 3.8) is 0 Å². The third kappa shape index (κ3) is 3.88. The molecule has 0 radical (unpaired) electrons. The highest BCUT2D eigenvalue weighted by molar-refractivity contribution is 5.89. The Hall–Kier alpha value is -1.84. The minimum absolute atomic E-state index is 0. The summed E-state index contributed by atoms with van der Waals surface area (Å²) in [5, 5.41) is 0. The maximum atomic E-state index is 12.2. The van der Waals surface area contributed by atoms with E-state index in [0.717, 1.165) is 13.1 Å². The zero-order valence-corrected chi connectivity index (χ0v) is 15.0. The Morgan fingerprint density at radius 2 is 1.68 bits per heavy atom. The van der Waals surface area contributed by atoms with Gasteiger partial charge in [0.15, 0.2) is 0 Å². The molecule has 2 fully saturated rings. The summed E-state index contributed by atoms with van der Waals surface area (Å²) >= 11 is 0. The van der Waals surface area contributed by atoms with E-state index in [0.29, 0.717) is 30.0 Å². The van der Waals surface area contributed by atoms with E-state index in [-0.39, 0.29) is 18.4 Å². The van der Waals surface area contributed by atoms with Gasteiger partial charge in [-0.15, -0.1) is 12.4 Å². The number of likely N-dealkylation sites (tertiary alicyclic amines) is 1. The second-order valence-corrected chi connectivity index (χ2v) is 6.95. The Balaban J connectivity index is 0.00000182. The number of benzene rings is 2. The maximum absolute atomic E-state index is 12.2. The monoisotopic (exact) mass is 357 g/mol. The Kier molecular flexibility index (Phi) is 5.77. The van der Waals surface area contributed by atoms with Gasteiger partial charge in [-0.3, -0.25) is 4.90 Å². The number of hydrogen-bond acceptors (Lipinski definition) is 3. The predicted octanol–water partition coefficient (Wildman–Crippen LogP) is 4.18. The van der Waals surface area contributed by atoms with Gasteiger partial charge >= 0.3 is 5.97 Å². The molecule has 1 aliphatic carbocycles. The van der Waals surface area contributed by atoms with Crippen LogP contribution in [0.25, 0.3) is 0 Å².